The van der Waals surface area contributed by atoms with Crippen LogP contribution in [0.15, 0.2) is 11.1 Å². The summed E-state index contributed by atoms with van der Waals surface area (Å²) in [6.45, 7) is 9.18. The molecule has 0 unspecified atom stereocenters. The highest BCUT2D eigenvalue weighted by Gasteiger charge is 2.22. The minimum Gasteiger partial charge on any atom is -0.516 e. The summed E-state index contributed by atoms with van der Waals surface area (Å²) in [5.41, 5.74) is 0.827. The van der Waals surface area contributed by atoms with E-state index in [2.05, 4.69) is 0 Å². The van der Waals surface area contributed by atoms with Crippen molar-refractivity contribution in [1.82, 2.24) is 0 Å². The second kappa shape index (κ2) is 4.24. The highest BCUT2D eigenvalue weighted by Crippen LogP contribution is 2.10. The summed E-state index contributed by atoms with van der Waals surface area (Å²) in [7, 11) is -1.88. The van der Waals surface area contributed by atoms with Crippen molar-refractivity contribution in [2.45, 2.75) is 33.5 Å². The van der Waals surface area contributed by atoms with Gasteiger partial charge in [-0.3, -0.25) is 0 Å². The van der Waals surface area contributed by atoms with E-state index < -0.39 is 14.3 Å². The Morgan fingerprint density at radius 1 is 1.31 bits per heavy atom. The Balaban J connectivity index is 4.65. The SMILES string of the molecule is CC(C)=C(C#N)C(=O)O[Si](C)(C)C. The van der Waals surface area contributed by atoms with Crippen LogP contribution in [0.1, 0.15) is 13.8 Å². The number of allylic oxidation sites excluding steroid dienone is 1. The van der Waals surface area contributed by atoms with Crippen LogP contribution >= 0.6 is 0 Å². The fourth-order valence-electron chi connectivity index (χ4n) is 0.691. The minimum atomic E-state index is -1.88. The molecule has 4 heteroatoms. The predicted octanol–water partition coefficient (Wildman–Crippen LogP) is 2.22. The van der Waals surface area contributed by atoms with Crippen molar-refractivity contribution in [2.75, 3.05) is 0 Å². The lowest BCUT2D eigenvalue weighted by Crippen LogP contribution is -2.29. The molecule has 0 N–H and O–H groups in total. The normalized spacial score (nSPS) is 10.2. The Morgan fingerprint density at radius 2 is 1.77 bits per heavy atom. The van der Waals surface area contributed by atoms with Crippen LogP contribution in [0.2, 0.25) is 19.6 Å². The number of carbonyl (C=O) groups excluding carboxylic acids is 1. The first kappa shape index (κ1) is 11.9. The van der Waals surface area contributed by atoms with Crippen molar-refractivity contribution < 1.29 is 9.22 Å². The molecular formula is C9H15NO2Si. The molecule has 13 heavy (non-hydrogen) atoms. The minimum absolute atomic E-state index is 0.127. The molecule has 0 aliphatic rings. The fourth-order valence-corrected chi connectivity index (χ4v) is 1.35. The fraction of sp³-hybridized carbons (Fsp3) is 0.556. The Morgan fingerprint density at radius 3 is 2.00 bits per heavy atom. The van der Waals surface area contributed by atoms with Crippen LogP contribution in [-0.4, -0.2) is 14.3 Å². The molecule has 0 bridgehead atoms. The summed E-state index contributed by atoms with van der Waals surface area (Å²) in [6.07, 6.45) is 0. The lowest BCUT2D eigenvalue weighted by molar-refractivity contribution is -0.130. The summed E-state index contributed by atoms with van der Waals surface area (Å²) in [4.78, 5) is 11.4. The van der Waals surface area contributed by atoms with Gasteiger partial charge in [-0.25, -0.2) is 4.79 Å². The number of carbonyl (C=O) groups is 1. The second-order valence-corrected chi connectivity index (χ2v) is 8.42. The summed E-state index contributed by atoms with van der Waals surface area (Å²) in [5, 5.41) is 8.67. The van der Waals surface area contributed by atoms with Gasteiger partial charge in [-0.1, -0.05) is 5.57 Å². The summed E-state index contributed by atoms with van der Waals surface area (Å²) in [5.74, 6) is -0.485. The molecule has 0 saturated heterocycles. The van der Waals surface area contributed by atoms with E-state index in [1.165, 1.54) is 0 Å². The Kier molecular flexibility index (Phi) is 3.88. The van der Waals surface area contributed by atoms with Gasteiger partial charge in [-0.05, 0) is 33.5 Å². The topological polar surface area (TPSA) is 50.1 Å². The zero-order valence-electron chi connectivity index (χ0n) is 8.76. The van der Waals surface area contributed by atoms with Crippen LogP contribution in [0.3, 0.4) is 0 Å². The van der Waals surface area contributed by atoms with Gasteiger partial charge in [-0.15, -0.1) is 0 Å². The van der Waals surface area contributed by atoms with Gasteiger partial charge < -0.3 is 4.43 Å². The van der Waals surface area contributed by atoms with E-state index in [9.17, 15) is 4.79 Å². The molecule has 0 radical (unpaired) electrons. The zero-order valence-corrected chi connectivity index (χ0v) is 9.76. The molecule has 0 spiro atoms. The average Bonchev–Trinajstić information content (AvgIpc) is 1.82. The Hall–Kier alpha value is -1.08. The van der Waals surface area contributed by atoms with E-state index in [1.807, 2.05) is 25.7 Å². The third kappa shape index (κ3) is 4.48. The number of nitriles is 1. The highest BCUT2D eigenvalue weighted by atomic mass is 28.4. The van der Waals surface area contributed by atoms with Crippen LogP contribution in [0.4, 0.5) is 0 Å². The molecule has 0 atom stereocenters. The number of hydrogen-bond donors (Lipinski definition) is 0. The van der Waals surface area contributed by atoms with Gasteiger partial charge >= 0.3 is 5.97 Å². The van der Waals surface area contributed by atoms with E-state index in [-0.39, 0.29) is 5.57 Å². The third-order valence-corrected chi connectivity index (χ3v) is 2.01. The smallest absolute Gasteiger partial charge is 0.335 e. The van der Waals surface area contributed by atoms with Gasteiger partial charge in [-0.2, -0.15) is 5.26 Å². The molecular weight excluding hydrogens is 182 g/mol. The Labute approximate surface area is 80.1 Å². The first-order chi connectivity index (χ1) is 5.78. The highest BCUT2D eigenvalue weighted by molar-refractivity contribution is 6.71. The van der Waals surface area contributed by atoms with Gasteiger partial charge in [0.1, 0.15) is 11.6 Å². The first-order valence-electron chi connectivity index (χ1n) is 4.09. The van der Waals surface area contributed by atoms with Gasteiger partial charge in [0.05, 0.1) is 0 Å². The van der Waals surface area contributed by atoms with Crippen molar-refractivity contribution in [3.8, 4) is 6.07 Å². The molecule has 0 aromatic rings. The predicted molar refractivity (Wildman–Crippen MR) is 53.4 cm³/mol. The lowest BCUT2D eigenvalue weighted by Gasteiger charge is -2.16. The molecule has 3 nitrogen and oxygen atoms in total. The molecule has 0 aromatic heterocycles. The molecule has 0 fully saturated rings. The van der Waals surface area contributed by atoms with Gasteiger partial charge in [0, 0.05) is 0 Å². The average molecular weight is 197 g/mol. The van der Waals surface area contributed by atoms with E-state index in [1.54, 1.807) is 13.8 Å². The van der Waals surface area contributed by atoms with Crippen molar-refractivity contribution in [3.63, 3.8) is 0 Å². The molecule has 0 aromatic carbocycles. The molecule has 0 saturated carbocycles. The molecule has 0 rings (SSSR count). The maximum atomic E-state index is 11.4. The second-order valence-electron chi connectivity index (χ2n) is 3.99. The first-order valence-corrected chi connectivity index (χ1v) is 7.49. The van der Waals surface area contributed by atoms with Gasteiger partial charge in [0.15, 0.2) is 0 Å². The van der Waals surface area contributed by atoms with E-state index in [4.69, 9.17) is 9.69 Å². The quantitative estimate of drug-likeness (QED) is 0.387. The maximum Gasteiger partial charge on any atom is 0.335 e. The number of rotatable bonds is 2. The van der Waals surface area contributed by atoms with E-state index in [0.717, 1.165) is 0 Å². The lowest BCUT2D eigenvalue weighted by atomic mass is 10.2. The number of nitrogens with zero attached hydrogens (tertiary/aromatic N) is 1. The van der Waals surface area contributed by atoms with Crippen molar-refractivity contribution in [1.29, 1.82) is 5.26 Å². The third-order valence-electron chi connectivity index (χ3n) is 1.21. The van der Waals surface area contributed by atoms with E-state index in [0.29, 0.717) is 5.57 Å². The Bertz CT molecular complexity index is 277. The number of hydrogen-bond acceptors (Lipinski definition) is 3. The maximum absolute atomic E-state index is 11.4. The van der Waals surface area contributed by atoms with Gasteiger partial charge in [0.25, 0.3) is 0 Å². The van der Waals surface area contributed by atoms with E-state index >= 15 is 0 Å². The van der Waals surface area contributed by atoms with Crippen molar-refractivity contribution in [3.05, 3.63) is 11.1 Å². The van der Waals surface area contributed by atoms with Crippen LogP contribution < -0.4 is 0 Å². The molecule has 0 heterocycles. The van der Waals surface area contributed by atoms with Crippen LogP contribution in [0.5, 0.6) is 0 Å². The monoisotopic (exact) mass is 197 g/mol. The van der Waals surface area contributed by atoms with Crippen LogP contribution in [-0.2, 0) is 9.22 Å². The largest absolute Gasteiger partial charge is 0.516 e. The zero-order chi connectivity index (χ0) is 10.6. The summed E-state index contributed by atoms with van der Waals surface area (Å²) < 4.78 is 5.17. The molecule has 72 valence electrons. The van der Waals surface area contributed by atoms with Crippen molar-refractivity contribution in [2.24, 2.45) is 0 Å². The molecule has 0 aliphatic carbocycles. The van der Waals surface area contributed by atoms with Crippen LogP contribution in [0, 0.1) is 11.3 Å². The van der Waals surface area contributed by atoms with Crippen molar-refractivity contribution >= 4 is 14.3 Å². The van der Waals surface area contributed by atoms with Gasteiger partial charge in [0.2, 0.25) is 8.32 Å². The molecule has 0 aliphatic heterocycles. The molecule has 0 amide bonds. The summed E-state index contributed by atoms with van der Waals surface area (Å²) in [6, 6.07) is 1.85. The standard InChI is InChI=1S/C9H15NO2Si/c1-7(2)8(6-10)9(11)12-13(3,4)5/h1-5H3. The summed E-state index contributed by atoms with van der Waals surface area (Å²) >= 11 is 0. The van der Waals surface area contributed by atoms with Crippen LogP contribution in [0.25, 0.3) is 0 Å².